The van der Waals surface area contributed by atoms with Crippen LogP contribution in [0.25, 0.3) is 0 Å². The molecule has 7 heteroatoms. The van der Waals surface area contributed by atoms with Crippen LogP contribution >= 0.6 is 0 Å². The van der Waals surface area contributed by atoms with E-state index in [-0.39, 0.29) is 6.54 Å². The van der Waals surface area contributed by atoms with Crippen LogP contribution in [0.3, 0.4) is 0 Å². The maximum Gasteiger partial charge on any atom is 0.325 e. The Balaban J connectivity index is 1.71. The molecule has 1 saturated heterocycles. The number of nitrogens with one attached hydrogen (secondary N) is 2. The highest BCUT2D eigenvalue weighted by Gasteiger charge is 2.52. The molecule has 32 heavy (non-hydrogen) atoms. The van der Waals surface area contributed by atoms with Crippen molar-refractivity contribution in [2.45, 2.75) is 52.1 Å². The topological polar surface area (TPSA) is 81.8 Å². The van der Waals surface area contributed by atoms with Gasteiger partial charge in [-0.25, -0.2) is 4.79 Å². The minimum atomic E-state index is -1.13. The molecule has 1 atom stereocenters. The number of nitrogens with zero attached hydrogens (tertiary/aromatic N) is 2. The van der Waals surface area contributed by atoms with Crippen molar-refractivity contribution in [2.24, 2.45) is 0 Å². The third kappa shape index (κ3) is 4.61. The van der Waals surface area contributed by atoms with E-state index in [1.165, 1.54) is 0 Å². The van der Waals surface area contributed by atoms with Gasteiger partial charge in [0.2, 0.25) is 5.91 Å². The zero-order valence-electron chi connectivity index (χ0n) is 19.2. The number of hydrogen-bond acceptors (Lipinski definition) is 4. The van der Waals surface area contributed by atoms with E-state index in [9.17, 15) is 14.4 Å². The summed E-state index contributed by atoms with van der Waals surface area (Å²) in [7, 11) is 0. The highest BCUT2D eigenvalue weighted by atomic mass is 16.2. The number of anilines is 2. The zero-order chi connectivity index (χ0) is 23.3. The summed E-state index contributed by atoms with van der Waals surface area (Å²) in [5.41, 5.74) is 1.29. The van der Waals surface area contributed by atoms with Gasteiger partial charge in [0.25, 0.3) is 5.91 Å². The number of hydrogen-bond donors (Lipinski definition) is 2. The number of carbonyl (C=O) groups is 3. The normalized spacial score (nSPS) is 18.1. The van der Waals surface area contributed by atoms with Crippen molar-refractivity contribution in [3.63, 3.8) is 0 Å². The third-order valence-corrected chi connectivity index (χ3v) is 5.82. The number of benzene rings is 2. The molecule has 2 aromatic rings. The Kier molecular flexibility index (Phi) is 7.18. The van der Waals surface area contributed by atoms with Gasteiger partial charge in [-0.2, -0.15) is 0 Å². The first-order chi connectivity index (χ1) is 15.3. The van der Waals surface area contributed by atoms with Gasteiger partial charge in [0, 0.05) is 24.0 Å². The van der Waals surface area contributed by atoms with Gasteiger partial charge in [0.1, 0.15) is 12.1 Å². The summed E-state index contributed by atoms with van der Waals surface area (Å²) in [6, 6.07) is 16.6. The molecule has 1 fully saturated rings. The molecular formula is C25H32N4O3. The minimum absolute atomic E-state index is 0.336. The predicted octanol–water partition coefficient (Wildman–Crippen LogP) is 4.11. The van der Waals surface area contributed by atoms with Crippen LogP contribution in [-0.2, 0) is 15.1 Å². The van der Waals surface area contributed by atoms with Crippen LogP contribution in [0.5, 0.6) is 0 Å². The molecule has 1 aliphatic heterocycles. The smallest absolute Gasteiger partial charge is 0.325 e. The van der Waals surface area contributed by atoms with Crippen molar-refractivity contribution in [1.82, 2.24) is 10.2 Å². The molecule has 0 saturated carbocycles. The van der Waals surface area contributed by atoms with Crippen molar-refractivity contribution in [1.29, 1.82) is 0 Å². The molecule has 0 aliphatic carbocycles. The lowest BCUT2D eigenvalue weighted by molar-refractivity contribution is -0.134. The summed E-state index contributed by atoms with van der Waals surface area (Å²) >= 11 is 0. The Labute approximate surface area is 189 Å². The molecular weight excluding hydrogens is 404 g/mol. The van der Waals surface area contributed by atoms with E-state index in [1.54, 1.807) is 0 Å². The molecule has 170 valence electrons. The summed E-state index contributed by atoms with van der Waals surface area (Å²) in [5, 5.41) is 5.63. The van der Waals surface area contributed by atoms with Crippen LogP contribution in [0, 0.1) is 0 Å². The Morgan fingerprint density at radius 3 is 2.28 bits per heavy atom. The van der Waals surface area contributed by atoms with Gasteiger partial charge in [-0.1, -0.05) is 43.7 Å². The van der Waals surface area contributed by atoms with Crippen LogP contribution in [0.4, 0.5) is 16.2 Å². The van der Waals surface area contributed by atoms with Crippen LogP contribution in [0.1, 0.15) is 46.1 Å². The number of imide groups is 1. The first-order valence-electron chi connectivity index (χ1n) is 11.2. The first-order valence-corrected chi connectivity index (χ1v) is 11.2. The molecule has 1 heterocycles. The number of amides is 4. The monoisotopic (exact) mass is 436 g/mol. The average molecular weight is 437 g/mol. The average Bonchev–Trinajstić information content (AvgIpc) is 3.01. The number of urea groups is 1. The van der Waals surface area contributed by atoms with Gasteiger partial charge in [0.15, 0.2) is 0 Å². The Bertz CT molecular complexity index is 959. The molecule has 3 rings (SSSR count). The molecule has 2 N–H and O–H groups in total. The van der Waals surface area contributed by atoms with E-state index >= 15 is 0 Å². The standard InChI is InChI=1S/C25H32N4O3/c1-5-16-25(19-10-8-7-9-11-19)23(31)29(24(32)27-25)17-22(30)26-20-12-14-21(15-13-20)28(6-2)18(3)4/h7-15,18H,5-6,16-17H2,1-4H3,(H,26,30)(H,27,32)/t25-/m1/s1. The second kappa shape index (κ2) is 9.85. The van der Waals surface area contributed by atoms with Gasteiger partial charge >= 0.3 is 6.03 Å². The van der Waals surface area contributed by atoms with E-state index in [4.69, 9.17) is 0 Å². The van der Waals surface area contributed by atoms with E-state index in [0.717, 1.165) is 22.7 Å². The second-order valence-corrected chi connectivity index (χ2v) is 8.32. The molecule has 0 aromatic heterocycles. The summed E-state index contributed by atoms with van der Waals surface area (Å²) in [5.74, 6) is -0.811. The molecule has 0 spiro atoms. The van der Waals surface area contributed by atoms with E-state index in [2.05, 4.69) is 36.3 Å². The quantitative estimate of drug-likeness (QED) is 0.580. The van der Waals surface area contributed by atoms with E-state index < -0.39 is 23.4 Å². The van der Waals surface area contributed by atoms with Gasteiger partial charge in [0.05, 0.1) is 0 Å². The van der Waals surface area contributed by atoms with Gasteiger partial charge in [-0.05, 0) is 57.0 Å². The van der Waals surface area contributed by atoms with Gasteiger partial charge in [-0.15, -0.1) is 0 Å². The maximum atomic E-state index is 13.3. The lowest BCUT2D eigenvalue weighted by atomic mass is 9.85. The molecule has 0 radical (unpaired) electrons. The summed E-state index contributed by atoms with van der Waals surface area (Å²) in [4.78, 5) is 41.9. The Hall–Kier alpha value is -3.35. The van der Waals surface area contributed by atoms with Crippen molar-refractivity contribution in [3.05, 3.63) is 60.2 Å². The fourth-order valence-electron chi connectivity index (χ4n) is 4.30. The predicted molar refractivity (Wildman–Crippen MR) is 127 cm³/mol. The number of rotatable bonds is 9. The van der Waals surface area contributed by atoms with Crippen molar-refractivity contribution in [2.75, 3.05) is 23.3 Å². The largest absolute Gasteiger partial charge is 0.369 e. The van der Waals surface area contributed by atoms with Crippen LogP contribution in [-0.4, -0.2) is 41.9 Å². The summed E-state index contributed by atoms with van der Waals surface area (Å²) in [6.45, 7) is 8.87. The molecule has 2 aromatic carbocycles. The lowest BCUT2D eigenvalue weighted by Gasteiger charge is -2.27. The van der Waals surface area contributed by atoms with Gasteiger partial charge < -0.3 is 15.5 Å². The molecule has 1 aliphatic rings. The van der Waals surface area contributed by atoms with Crippen molar-refractivity contribution >= 4 is 29.2 Å². The van der Waals surface area contributed by atoms with Gasteiger partial charge in [-0.3, -0.25) is 14.5 Å². The zero-order valence-corrected chi connectivity index (χ0v) is 19.2. The van der Waals surface area contributed by atoms with Crippen molar-refractivity contribution < 1.29 is 14.4 Å². The third-order valence-electron chi connectivity index (χ3n) is 5.82. The molecule has 0 unspecified atom stereocenters. The highest BCUT2D eigenvalue weighted by molar-refractivity contribution is 6.10. The first kappa shape index (κ1) is 23.3. The fourth-order valence-corrected chi connectivity index (χ4v) is 4.30. The van der Waals surface area contributed by atoms with E-state index in [1.807, 2.05) is 61.5 Å². The number of carbonyl (C=O) groups excluding carboxylic acids is 3. The minimum Gasteiger partial charge on any atom is -0.369 e. The summed E-state index contributed by atoms with van der Waals surface area (Å²) in [6.07, 6.45) is 1.17. The van der Waals surface area contributed by atoms with Crippen molar-refractivity contribution in [3.8, 4) is 0 Å². The second-order valence-electron chi connectivity index (χ2n) is 8.32. The lowest BCUT2D eigenvalue weighted by Crippen LogP contribution is -2.44. The van der Waals surface area contributed by atoms with Crippen LogP contribution < -0.4 is 15.5 Å². The highest BCUT2D eigenvalue weighted by Crippen LogP contribution is 2.33. The molecule has 0 bridgehead atoms. The Morgan fingerprint density at radius 1 is 1.06 bits per heavy atom. The Morgan fingerprint density at radius 2 is 1.72 bits per heavy atom. The maximum absolute atomic E-state index is 13.3. The molecule has 4 amide bonds. The fraction of sp³-hybridized carbons (Fsp3) is 0.400. The summed E-state index contributed by atoms with van der Waals surface area (Å²) < 4.78 is 0. The van der Waals surface area contributed by atoms with Crippen LogP contribution in [0.15, 0.2) is 54.6 Å². The van der Waals surface area contributed by atoms with E-state index in [0.29, 0.717) is 24.6 Å². The SMILES string of the molecule is CCC[C@]1(c2ccccc2)NC(=O)N(CC(=O)Nc2ccc(N(CC)C(C)C)cc2)C1=O. The van der Waals surface area contributed by atoms with Crippen LogP contribution in [0.2, 0.25) is 0 Å². The molecule has 7 nitrogen and oxygen atoms in total.